The number of hydrogen-bond donors (Lipinski definition) is 1. The number of rotatable bonds is 8. The van der Waals surface area contributed by atoms with E-state index in [1.807, 2.05) is 32.0 Å². The van der Waals surface area contributed by atoms with Crippen LogP contribution in [0.25, 0.3) is 0 Å². The molecule has 1 unspecified atom stereocenters. The van der Waals surface area contributed by atoms with Crippen LogP contribution >= 0.6 is 0 Å². The van der Waals surface area contributed by atoms with E-state index >= 15 is 0 Å². The molecule has 0 radical (unpaired) electrons. The summed E-state index contributed by atoms with van der Waals surface area (Å²) in [7, 11) is 1.48. The fourth-order valence-corrected chi connectivity index (χ4v) is 3.24. The minimum atomic E-state index is -0.262. The van der Waals surface area contributed by atoms with Crippen molar-refractivity contribution in [2.24, 2.45) is 5.92 Å². The number of nitrogens with one attached hydrogen (secondary N) is 1. The highest BCUT2D eigenvalue weighted by molar-refractivity contribution is 5.79. The number of ether oxygens (including phenoxy) is 4. The van der Waals surface area contributed by atoms with Gasteiger partial charge >= 0.3 is 0 Å². The second-order valence-electron chi connectivity index (χ2n) is 7.36. The molecule has 30 heavy (non-hydrogen) atoms. The van der Waals surface area contributed by atoms with Gasteiger partial charge in [-0.15, -0.1) is 0 Å². The molecule has 160 valence electrons. The van der Waals surface area contributed by atoms with Gasteiger partial charge in [-0.2, -0.15) is 0 Å². The van der Waals surface area contributed by atoms with Crippen molar-refractivity contribution in [3.63, 3.8) is 0 Å². The minimum absolute atomic E-state index is 0.153. The number of hydrogen-bond acceptors (Lipinski definition) is 6. The summed E-state index contributed by atoms with van der Waals surface area (Å²) in [6.45, 7) is 5.13. The first-order chi connectivity index (χ1) is 14.5. The van der Waals surface area contributed by atoms with Crippen LogP contribution in [0.3, 0.4) is 0 Å². The van der Waals surface area contributed by atoms with Gasteiger partial charge in [-0.3, -0.25) is 9.59 Å². The van der Waals surface area contributed by atoms with Gasteiger partial charge in [-0.1, -0.05) is 19.9 Å². The highest BCUT2D eigenvalue weighted by Gasteiger charge is 2.21. The van der Waals surface area contributed by atoms with Crippen LogP contribution in [0.1, 0.15) is 42.2 Å². The lowest BCUT2D eigenvalue weighted by Gasteiger charge is -2.24. The van der Waals surface area contributed by atoms with Crippen molar-refractivity contribution in [2.75, 3.05) is 26.9 Å². The molecular weight excluding hydrogens is 386 g/mol. The van der Waals surface area contributed by atoms with E-state index in [1.54, 1.807) is 18.2 Å². The van der Waals surface area contributed by atoms with E-state index in [9.17, 15) is 9.59 Å². The normalized spacial score (nSPS) is 13.9. The summed E-state index contributed by atoms with van der Waals surface area (Å²) < 4.78 is 22.3. The van der Waals surface area contributed by atoms with Gasteiger partial charge in [0.05, 0.1) is 26.4 Å². The summed E-state index contributed by atoms with van der Waals surface area (Å²) >= 11 is 0. The van der Waals surface area contributed by atoms with E-state index in [4.69, 9.17) is 18.9 Å². The van der Waals surface area contributed by atoms with E-state index in [-0.39, 0.29) is 24.5 Å². The highest BCUT2D eigenvalue weighted by Crippen LogP contribution is 2.34. The third-order valence-electron chi connectivity index (χ3n) is 4.80. The minimum Gasteiger partial charge on any atom is -0.493 e. The largest absolute Gasteiger partial charge is 0.493 e. The quantitative estimate of drug-likeness (QED) is 0.667. The summed E-state index contributed by atoms with van der Waals surface area (Å²) in [6, 6.07) is 10.3. The third-order valence-corrected chi connectivity index (χ3v) is 4.80. The van der Waals surface area contributed by atoms with Crippen LogP contribution in [0.5, 0.6) is 23.0 Å². The molecule has 3 rings (SSSR count). The highest BCUT2D eigenvalue weighted by atomic mass is 16.5. The Morgan fingerprint density at radius 2 is 1.87 bits per heavy atom. The number of methoxy groups -OCH3 is 1. The van der Waals surface area contributed by atoms with Crippen LogP contribution < -0.4 is 24.3 Å². The maximum Gasteiger partial charge on any atom is 0.258 e. The zero-order chi connectivity index (χ0) is 21.5. The molecule has 0 aliphatic carbocycles. The van der Waals surface area contributed by atoms with Crippen LogP contribution in [0.4, 0.5) is 0 Å². The lowest BCUT2D eigenvalue weighted by atomic mass is 9.95. The lowest BCUT2D eigenvalue weighted by molar-refractivity contribution is -0.124. The van der Waals surface area contributed by atoms with Crippen molar-refractivity contribution in [3.8, 4) is 23.0 Å². The summed E-state index contributed by atoms with van der Waals surface area (Å²) in [5.74, 6) is 2.11. The molecule has 7 nitrogen and oxygen atoms in total. The number of fused-ring (bicyclic) bond motifs is 1. The van der Waals surface area contributed by atoms with Crippen LogP contribution in [0.2, 0.25) is 0 Å². The monoisotopic (exact) mass is 413 g/mol. The molecule has 1 aliphatic rings. The molecule has 1 atom stereocenters. The van der Waals surface area contributed by atoms with Gasteiger partial charge in [0.25, 0.3) is 5.91 Å². The number of carbonyl (C=O) groups is 2. The number of aldehydes is 1. The van der Waals surface area contributed by atoms with Crippen molar-refractivity contribution in [1.82, 2.24) is 5.32 Å². The van der Waals surface area contributed by atoms with E-state index in [0.29, 0.717) is 36.0 Å². The molecule has 0 saturated carbocycles. The molecule has 1 N–H and O–H groups in total. The SMILES string of the molecule is COc1cc(C=O)ccc1OCC(=O)NC(c1ccc2c(c1)OCCCO2)C(C)C. The van der Waals surface area contributed by atoms with Crippen LogP contribution in [-0.4, -0.2) is 39.1 Å². The first kappa shape index (κ1) is 21.5. The van der Waals surface area contributed by atoms with Crippen molar-refractivity contribution < 1.29 is 28.5 Å². The van der Waals surface area contributed by atoms with Gasteiger partial charge in [-0.25, -0.2) is 0 Å². The predicted molar refractivity (Wildman–Crippen MR) is 112 cm³/mol. The Morgan fingerprint density at radius 1 is 1.10 bits per heavy atom. The number of amides is 1. The molecule has 2 aromatic rings. The average Bonchev–Trinajstić information content (AvgIpc) is 3.00. The Kier molecular flexibility index (Phi) is 7.17. The molecule has 0 aromatic heterocycles. The zero-order valence-corrected chi connectivity index (χ0v) is 17.5. The molecule has 1 aliphatic heterocycles. The second kappa shape index (κ2) is 10.0. The van der Waals surface area contributed by atoms with Gasteiger partial charge in [0, 0.05) is 12.0 Å². The third kappa shape index (κ3) is 5.23. The second-order valence-corrected chi connectivity index (χ2v) is 7.36. The summed E-state index contributed by atoms with van der Waals surface area (Å²) in [6.07, 6.45) is 1.56. The average molecular weight is 413 g/mol. The fourth-order valence-electron chi connectivity index (χ4n) is 3.24. The standard InChI is InChI=1S/C23H27NO6/c1-15(2)23(17-6-8-19-21(12-17)29-10-4-9-28-19)24-22(26)14-30-18-7-5-16(13-25)11-20(18)27-3/h5-8,11-13,15,23H,4,9-10,14H2,1-3H3,(H,24,26). The number of benzene rings is 2. The van der Waals surface area contributed by atoms with E-state index in [1.165, 1.54) is 7.11 Å². The van der Waals surface area contributed by atoms with Crippen LogP contribution in [0.15, 0.2) is 36.4 Å². The van der Waals surface area contributed by atoms with Gasteiger partial charge < -0.3 is 24.3 Å². The molecule has 7 heteroatoms. The summed E-state index contributed by atoms with van der Waals surface area (Å²) in [5, 5.41) is 3.03. The topological polar surface area (TPSA) is 83.1 Å². The van der Waals surface area contributed by atoms with E-state index in [0.717, 1.165) is 24.0 Å². The van der Waals surface area contributed by atoms with Gasteiger partial charge in [0.15, 0.2) is 29.6 Å². The lowest BCUT2D eigenvalue weighted by Crippen LogP contribution is -2.35. The molecule has 1 heterocycles. The zero-order valence-electron chi connectivity index (χ0n) is 17.5. The summed E-state index contributed by atoms with van der Waals surface area (Å²) in [4.78, 5) is 23.5. The first-order valence-corrected chi connectivity index (χ1v) is 9.96. The van der Waals surface area contributed by atoms with Crippen molar-refractivity contribution in [3.05, 3.63) is 47.5 Å². The molecule has 0 fully saturated rings. The Morgan fingerprint density at radius 3 is 2.57 bits per heavy atom. The van der Waals surface area contributed by atoms with Crippen molar-refractivity contribution in [1.29, 1.82) is 0 Å². The van der Waals surface area contributed by atoms with E-state index in [2.05, 4.69) is 5.32 Å². The van der Waals surface area contributed by atoms with E-state index < -0.39 is 0 Å². The molecule has 0 saturated heterocycles. The molecular formula is C23H27NO6. The van der Waals surface area contributed by atoms with Gasteiger partial charge in [0.1, 0.15) is 6.29 Å². The predicted octanol–water partition coefficient (Wildman–Crippen LogP) is 3.56. The smallest absolute Gasteiger partial charge is 0.258 e. The first-order valence-electron chi connectivity index (χ1n) is 9.96. The molecule has 1 amide bonds. The summed E-state index contributed by atoms with van der Waals surface area (Å²) in [5.41, 5.74) is 1.41. The number of carbonyl (C=O) groups excluding carboxylic acids is 2. The Balaban J connectivity index is 1.68. The molecule has 0 bridgehead atoms. The van der Waals surface area contributed by atoms with Crippen LogP contribution in [0, 0.1) is 5.92 Å². The Bertz CT molecular complexity index is 895. The Labute approximate surface area is 176 Å². The van der Waals surface area contributed by atoms with Gasteiger partial charge in [0.2, 0.25) is 0 Å². The molecule has 2 aromatic carbocycles. The Hall–Kier alpha value is -3.22. The van der Waals surface area contributed by atoms with Crippen molar-refractivity contribution >= 4 is 12.2 Å². The maximum atomic E-state index is 12.6. The maximum absolute atomic E-state index is 12.6. The van der Waals surface area contributed by atoms with Gasteiger partial charge in [-0.05, 0) is 41.8 Å². The van der Waals surface area contributed by atoms with Crippen molar-refractivity contribution in [2.45, 2.75) is 26.3 Å². The van der Waals surface area contributed by atoms with Crippen LogP contribution in [-0.2, 0) is 4.79 Å². The molecule has 0 spiro atoms. The fraction of sp³-hybridized carbons (Fsp3) is 0.391.